The molecule has 0 saturated carbocycles. The van der Waals surface area contributed by atoms with E-state index in [4.69, 9.17) is 4.74 Å². The predicted octanol–water partition coefficient (Wildman–Crippen LogP) is 1.69. The van der Waals surface area contributed by atoms with Gasteiger partial charge in [0.25, 0.3) is 0 Å². The SMILES string of the molecule is COc1cc(-c2nccc(CNCC(C)C)n2)ncn1. The molecule has 0 atom stereocenters. The lowest BCUT2D eigenvalue weighted by Gasteiger charge is -2.07. The van der Waals surface area contributed by atoms with E-state index in [1.807, 2.05) is 6.07 Å². The third-order valence-corrected chi connectivity index (χ3v) is 2.65. The minimum absolute atomic E-state index is 0.502. The maximum atomic E-state index is 5.08. The summed E-state index contributed by atoms with van der Waals surface area (Å²) in [6, 6.07) is 3.62. The minimum Gasteiger partial charge on any atom is -0.481 e. The van der Waals surface area contributed by atoms with Crippen molar-refractivity contribution in [2.45, 2.75) is 20.4 Å². The van der Waals surface area contributed by atoms with Crippen molar-refractivity contribution in [3.05, 3.63) is 30.4 Å². The van der Waals surface area contributed by atoms with Gasteiger partial charge in [0.1, 0.15) is 12.0 Å². The summed E-state index contributed by atoms with van der Waals surface area (Å²) in [5.41, 5.74) is 1.59. The number of methoxy groups -OCH3 is 1. The van der Waals surface area contributed by atoms with Crippen LogP contribution in [-0.2, 0) is 6.54 Å². The van der Waals surface area contributed by atoms with Crippen LogP contribution in [0.2, 0.25) is 0 Å². The van der Waals surface area contributed by atoms with Crippen LogP contribution in [0.4, 0.5) is 0 Å². The summed E-state index contributed by atoms with van der Waals surface area (Å²) in [5, 5.41) is 3.35. The molecule has 0 aliphatic carbocycles. The Morgan fingerprint density at radius 1 is 1.25 bits per heavy atom. The average Bonchev–Trinajstić information content (AvgIpc) is 2.47. The van der Waals surface area contributed by atoms with Crippen LogP contribution in [0, 0.1) is 5.92 Å². The van der Waals surface area contributed by atoms with Crippen molar-refractivity contribution in [2.75, 3.05) is 13.7 Å². The van der Waals surface area contributed by atoms with Crippen molar-refractivity contribution in [1.29, 1.82) is 0 Å². The van der Waals surface area contributed by atoms with Gasteiger partial charge in [-0.25, -0.2) is 19.9 Å². The van der Waals surface area contributed by atoms with Gasteiger partial charge in [0.15, 0.2) is 5.82 Å². The van der Waals surface area contributed by atoms with E-state index in [1.54, 1.807) is 19.4 Å². The summed E-state index contributed by atoms with van der Waals surface area (Å²) in [5.74, 6) is 1.69. The van der Waals surface area contributed by atoms with Crippen molar-refractivity contribution in [3.8, 4) is 17.4 Å². The number of rotatable bonds is 6. The Balaban J connectivity index is 2.12. The minimum atomic E-state index is 0.502. The smallest absolute Gasteiger partial charge is 0.216 e. The molecule has 0 amide bonds. The molecule has 20 heavy (non-hydrogen) atoms. The van der Waals surface area contributed by atoms with E-state index in [-0.39, 0.29) is 0 Å². The van der Waals surface area contributed by atoms with E-state index in [2.05, 4.69) is 39.1 Å². The van der Waals surface area contributed by atoms with Crippen LogP contribution < -0.4 is 10.1 Å². The first-order valence-corrected chi connectivity index (χ1v) is 6.58. The lowest BCUT2D eigenvalue weighted by Crippen LogP contribution is -2.19. The van der Waals surface area contributed by atoms with Gasteiger partial charge >= 0.3 is 0 Å². The third-order valence-electron chi connectivity index (χ3n) is 2.65. The molecule has 2 aromatic rings. The maximum absolute atomic E-state index is 5.08. The lowest BCUT2D eigenvalue weighted by molar-refractivity contribution is 0.397. The average molecular weight is 273 g/mol. The van der Waals surface area contributed by atoms with Crippen molar-refractivity contribution in [1.82, 2.24) is 25.3 Å². The van der Waals surface area contributed by atoms with Gasteiger partial charge in [-0.1, -0.05) is 13.8 Å². The third kappa shape index (κ3) is 3.96. The first-order chi connectivity index (χ1) is 9.69. The van der Waals surface area contributed by atoms with Crippen molar-refractivity contribution < 1.29 is 4.74 Å². The molecule has 0 aromatic carbocycles. The molecular formula is C14H19N5O. The standard InChI is InChI=1S/C14H19N5O/c1-10(2)7-15-8-11-4-5-16-14(19-11)12-6-13(20-3)18-9-17-12/h4-6,9-10,15H,7-8H2,1-3H3. The Kier molecular flexibility index (Phi) is 4.95. The first kappa shape index (κ1) is 14.3. The molecular weight excluding hydrogens is 254 g/mol. The zero-order valence-corrected chi connectivity index (χ0v) is 12.0. The van der Waals surface area contributed by atoms with E-state index in [0.717, 1.165) is 18.8 Å². The van der Waals surface area contributed by atoms with E-state index < -0.39 is 0 Å². The number of nitrogens with one attached hydrogen (secondary N) is 1. The number of aromatic nitrogens is 4. The summed E-state index contributed by atoms with van der Waals surface area (Å²) >= 11 is 0. The molecule has 0 aliphatic heterocycles. The zero-order chi connectivity index (χ0) is 14.4. The van der Waals surface area contributed by atoms with E-state index in [0.29, 0.717) is 23.3 Å². The molecule has 0 fully saturated rings. The van der Waals surface area contributed by atoms with Gasteiger partial charge in [-0.15, -0.1) is 0 Å². The zero-order valence-electron chi connectivity index (χ0n) is 12.0. The highest BCUT2D eigenvalue weighted by Gasteiger charge is 2.06. The second-order valence-corrected chi connectivity index (χ2v) is 4.84. The Hall–Kier alpha value is -2.08. The predicted molar refractivity (Wildman–Crippen MR) is 76.2 cm³/mol. The molecule has 106 valence electrons. The fraction of sp³-hybridized carbons (Fsp3) is 0.429. The normalized spacial score (nSPS) is 10.8. The molecule has 2 aromatic heterocycles. The monoisotopic (exact) mass is 273 g/mol. The molecule has 0 radical (unpaired) electrons. The van der Waals surface area contributed by atoms with Gasteiger partial charge in [-0.2, -0.15) is 0 Å². The second-order valence-electron chi connectivity index (χ2n) is 4.84. The molecule has 1 N–H and O–H groups in total. The number of nitrogens with zero attached hydrogens (tertiary/aromatic N) is 4. The molecule has 6 nitrogen and oxygen atoms in total. The number of hydrogen-bond donors (Lipinski definition) is 1. The summed E-state index contributed by atoms with van der Waals surface area (Å²) < 4.78 is 5.08. The fourth-order valence-electron chi connectivity index (χ4n) is 1.68. The van der Waals surface area contributed by atoms with Crippen LogP contribution in [-0.4, -0.2) is 33.6 Å². The van der Waals surface area contributed by atoms with Crippen LogP contribution in [0.15, 0.2) is 24.7 Å². The van der Waals surface area contributed by atoms with Crippen LogP contribution >= 0.6 is 0 Å². The Morgan fingerprint density at radius 3 is 2.85 bits per heavy atom. The van der Waals surface area contributed by atoms with Crippen molar-refractivity contribution in [2.24, 2.45) is 5.92 Å². The Bertz CT molecular complexity index is 559. The molecule has 0 unspecified atom stereocenters. The number of hydrogen-bond acceptors (Lipinski definition) is 6. The van der Waals surface area contributed by atoms with Gasteiger partial charge in [-0.3, -0.25) is 0 Å². The molecule has 0 aliphatic rings. The largest absolute Gasteiger partial charge is 0.481 e. The molecule has 0 bridgehead atoms. The summed E-state index contributed by atoms with van der Waals surface area (Å²) in [6.07, 6.45) is 3.19. The van der Waals surface area contributed by atoms with Gasteiger partial charge < -0.3 is 10.1 Å². The van der Waals surface area contributed by atoms with Gasteiger partial charge in [0.2, 0.25) is 5.88 Å². The summed E-state index contributed by atoms with van der Waals surface area (Å²) in [6.45, 7) is 6.02. The summed E-state index contributed by atoms with van der Waals surface area (Å²) in [7, 11) is 1.57. The molecule has 2 rings (SSSR count). The lowest BCUT2D eigenvalue weighted by atomic mass is 10.2. The van der Waals surface area contributed by atoms with Gasteiger partial charge in [0.05, 0.1) is 12.8 Å². The van der Waals surface area contributed by atoms with Gasteiger partial charge in [-0.05, 0) is 18.5 Å². The Morgan fingerprint density at radius 2 is 2.10 bits per heavy atom. The van der Waals surface area contributed by atoms with Gasteiger partial charge in [0, 0.05) is 18.8 Å². The number of ether oxygens (including phenoxy) is 1. The Labute approximate surface area is 118 Å². The van der Waals surface area contributed by atoms with Crippen LogP contribution in [0.5, 0.6) is 5.88 Å². The van der Waals surface area contributed by atoms with Crippen LogP contribution in [0.1, 0.15) is 19.5 Å². The fourth-order valence-corrected chi connectivity index (χ4v) is 1.68. The second kappa shape index (κ2) is 6.91. The molecule has 2 heterocycles. The van der Waals surface area contributed by atoms with E-state index in [1.165, 1.54) is 6.33 Å². The van der Waals surface area contributed by atoms with E-state index in [9.17, 15) is 0 Å². The highest BCUT2D eigenvalue weighted by Crippen LogP contribution is 2.15. The quantitative estimate of drug-likeness (QED) is 0.863. The molecule has 0 saturated heterocycles. The van der Waals surface area contributed by atoms with Crippen LogP contribution in [0.3, 0.4) is 0 Å². The summed E-state index contributed by atoms with van der Waals surface area (Å²) in [4.78, 5) is 16.9. The van der Waals surface area contributed by atoms with Crippen molar-refractivity contribution in [3.63, 3.8) is 0 Å². The maximum Gasteiger partial charge on any atom is 0.216 e. The molecule has 6 heteroatoms. The highest BCUT2D eigenvalue weighted by molar-refractivity contribution is 5.49. The topological polar surface area (TPSA) is 72.8 Å². The highest BCUT2D eigenvalue weighted by atomic mass is 16.5. The molecule has 0 spiro atoms. The van der Waals surface area contributed by atoms with E-state index >= 15 is 0 Å². The van der Waals surface area contributed by atoms with Crippen molar-refractivity contribution >= 4 is 0 Å². The van der Waals surface area contributed by atoms with Crippen LogP contribution in [0.25, 0.3) is 11.5 Å². The first-order valence-electron chi connectivity index (χ1n) is 6.58.